The molecular formula is C10H9BrINO. The van der Waals surface area contributed by atoms with Gasteiger partial charge in [0.1, 0.15) is 0 Å². The molecule has 0 saturated heterocycles. The summed E-state index contributed by atoms with van der Waals surface area (Å²) in [5.41, 5.74) is 0.810. The Kier molecular flexibility index (Phi) is 4.60. The van der Waals surface area contributed by atoms with Crippen LogP contribution < -0.4 is 5.32 Å². The summed E-state index contributed by atoms with van der Waals surface area (Å²) in [6.07, 6.45) is 1.92. The molecule has 0 heterocycles. The predicted octanol–water partition coefficient (Wildman–Crippen LogP) is 3.57. The summed E-state index contributed by atoms with van der Waals surface area (Å²) in [6, 6.07) is 5.67. The van der Waals surface area contributed by atoms with Gasteiger partial charge in [-0.2, -0.15) is 0 Å². The molecule has 14 heavy (non-hydrogen) atoms. The van der Waals surface area contributed by atoms with Crippen LogP contribution >= 0.6 is 38.5 Å². The molecule has 1 rings (SSSR count). The Labute approximate surface area is 105 Å². The SMILES string of the molecule is C=CCC(=O)Nc1ccc(Br)c(I)c1. The largest absolute Gasteiger partial charge is 0.326 e. The van der Waals surface area contributed by atoms with E-state index in [1.54, 1.807) is 6.08 Å². The zero-order valence-electron chi connectivity index (χ0n) is 7.39. The molecule has 0 aliphatic heterocycles. The molecule has 1 aromatic rings. The zero-order valence-corrected chi connectivity index (χ0v) is 11.1. The third-order valence-electron chi connectivity index (χ3n) is 1.53. The summed E-state index contributed by atoms with van der Waals surface area (Å²) in [7, 11) is 0. The maximum Gasteiger partial charge on any atom is 0.228 e. The van der Waals surface area contributed by atoms with Gasteiger partial charge in [0.05, 0.1) is 0 Å². The number of anilines is 1. The van der Waals surface area contributed by atoms with Crippen molar-refractivity contribution in [2.24, 2.45) is 0 Å². The van der Waals surface area contributed by atoms with Gasteiger partial charge in [0.15, 0.2) is 0 Å². The van der Waals surface area contributed by atoms with E-state index in [2.05, 4.69) is 50.4 Å². The van der Waals surface area contributed by atoms with Crippen LogP contribution in [0, 0.1) is 3.57 Å². The van der Waals surface area contributed by atoms with Crippen molar-refractivity contribution in [2.75, 3.05) is 5.32 Å². The van der Waals surface area contributed by atoms with E-state index in [1.165, 1.54) is 0 Å². The number of rotatable bonds is 3. The van der Waals surface area contributed by atoms with Crippen molar-refractivity contribution in [3.05, 3.63) is 38.9 Å². The van der Waals surface area contributed by atoms with E-state index in [0.717, 1.165) is 13.7 Å². The minimum absolute atomic E-state index is 0.0434. The van der Waals surface area contributed by atoms with Crippen LogP contribution in [-0.4, -0.2) is 5.91 Å². The van der Waals surface area contributed by atoms with E-state index >= 15 is 0 Å². The van der Waals surface area contributed by atoms with E-state index in [4.69, 9.17) is 0 Å². The number of hydrogen-bond acceptors (Lipinski definition) is 1. The van der Waals surface area contributed by atoms with Gasteiger partial charge in [-0.3, -0.25) is 4.79 Å². The molecular weight excluding hydrogens is 357 g/mol. The summed E-state index contributed by atoms with van der Waals surface area (Å²) in [5.74, 6) is -0.0434. The molecule has 4 heteroatoms. The molecule has 74 valence electrons. The van der Waals surface area contributed by atoms with Crippen LogP contribution in [0.25, 0.3) is 0 Å². The Hall–Kier alpha value is -0.360. The van der Waals surface area contributed by atoms with Crippen LogP contribution in [0.5, 0.6) is 0 Å². The van der Waals surface area contributed by atoms with Crippen molar-refractivity contribution in [3.8, 4) is 0 Å². The van der Waals surface area contributed by atoms with Gasteiger partial charge in [-0.25, -0.2) is 0 Å². The van der Waals surface area contributed by atoms with E-state index in [-0.39, 0.29) is 5.91 Å². The van der Waals surface area contributed by atoms with Gasteiger partial charge in [0.2, 0.25) is 5.91 Å². The summed E-state index contributed by atoms with van der Waals surface area (Å²) in [6.45, 7) is 3.50. The third kappa shape index (κ3) is 3.42. The summed E-state index contributed by atoms with van der Waals surface area (Å²) >= 11 is 5.59. The molecule has 0 saturated carbocycles. The predicted molar refractivity (Wildman–Crippen MR) is 70.3 cm³/mol. The van der Waals surface area contributed by atoms with E-state index in [1.807, 2.05) is 18.2 Å². The highest BCUT2D eigenvalue weighted by atomic mass is 127. The molecule has 0 radical (unpaired) electrons. The van der Waals surface area contributed by atoms with Crippen molar-refractivity contribution < 1.29 is 4.79 Å². The molecule has 1 aromatic carbocycles. The fourth-order valence-corrected chi connectivity index (χ4v) is 1.68. The van der Waals surface area contributed by atoms with E-state index in [9.17, 15) is 4.79 Å². The number of halogens is 2. The van der Waals surface area contributed by atoms with Crippen molar-refractivity contribution >= 4 is 50.1 Å². The van der Waals surface area contributed by atoms with Crippen molar-refractivity contribution in [1.82, 2.24) is 0 Å². The Morgan fingerprint density at radius 2 is 2.36 bits per heavy atom. The van der Waals surface area contributed by atoms with Gasteiger partial charge in [0.25, 0.3) is 0 Å². The van der Waals surface area contributed by atoms with Crippen LogP contribution in [-0.2, 0) is 4.79 Å². The summed E-state index contributed by atoms with van der Waals surface area (Å²) in [4.78, 5) is 11.2. The molecule has 0 unspecified atom stereocenters. The van der Waals surface area contributed by atoms with Crippen molar-refractivity contribution in [2.45, 2.75) is 6.42 Å². The highest BCUT2D eigenvalue weighted by Gasteiger charge is 2.01. The Bertz CT molecular complexity index is 365. The lowest BCUT2D eigenvalue weighted by Crippen LogP contribution is -2.09. The molecule has 1 N–H and O–H groups in total. The highest BCUT2D eigenvalue weighted by molar-refractivity contribution is 14.1. The van der Waals surface area contributed by atoms with E-state index in [0.29, 0.717) is 6.42 Å². The second-order valence-electron chi connectivity index (χ2n) is 2.67. The first kappa shape index (κ1) is 11.7. The van der Waals surface area contributed by atoms with Crippen LogP contribution in [0.4, 0.5) is 5.69 Å². The number of amides is 1. The second kappa shape index (κ2) is 5.50. The van der Waals surface area contributed by atoms with Crippen molar-refractivity contribution in [1.29, 1.82) is 0 Å². The van der Waals surface area contributed by atoms with Gasteiger partial charge in [-0.15, -0.1) is 6.58 Å². The maximum atomic E-state index is 11.2. The minimum atomic E-state index is -0.0434. The minimum Gasteiger partial charge on any atom is -0.326 e. The van der Waals surface area contributed by atoms with Crippen LogP contribution in [0.15, 0.2) is 35.3 Å². The number of hydrogen-bond donors (Lipinski definition) is 1. The number of carbonyl (C=O) groups excluding carboxylic acids is 1. The molecule has 0 aliphatic carbocycles. The van der Waals surface area contributed by atoms with Gasteiger partial charge in [0, 0.05) is 20.2 Å². The monoisotopic (exact) mass is 365 g/mol. The molecule has 1 amide bonds. The Morgan fingerprint density at radius 3 is 2.93 bits per heavy atom. The first-order valence-electron chi connectivity index (χ1n) is 3.99. The molecule has 0 bridgehead atoms. The van der Waals surface area contributed by atoms with Gasteiger partial charge < -0.3 is 5.32 Å². The quantitative estimate of drug-likeness (QED) is 0.644. The average molecular weight is 366 g/mol. The molecule has 0 spiro atoms. The average Bonchev–Trinajstić information content (AvgIpc) is 2.12. The Morgan fingerprint density at radius 1 is 1.64 bits per heavy atom. The third-order valence-corrected chi connectivity index (χ3v) is 3.86. The first-order chi connectivity index (χ1) is 6.63. The summed E-state index contributed by atoms with van der Waals surface area (Å²) in [5, 5.41) is 2.78. The van der Waals surface area contributed by atoms with Crippen LogP contribution in [0.1, 0.15) is 6.42 Å². The lowest BCUT2D eigenvalue weighted by Gasteiger charge is -2.04. The first-order valence-corrected chi connectivity index (χ1v) is 5.86. The van der Waals surface area contributed by atoms with Gasteiger partial charge in [-0.1, -0.05) is 6.08 Å². The summed E-state index contributed by atoms with van der Waals surface area (Å²) < 4.78 is 2.10. The van der Waals surface area contributed by atoms with Crippen LogP contribution in [0.3, 0.4) is 0 Å². The Balaban J connectivity index is 2.72. The standard InChI is InChI=1S/C10H9BrINO/c1-2-3-10(14)13-7-4-5-8(11)9(12)6-7/h2,4-6H,1,3H2,(H,13,14). The number of carbonyl (C=O) groups is 1. The molecule has 0 aromatic heterocycles. The lowest BCUT2D eigenvalue weighted by atomic mass is 10.3. The second-order valence-corrected chi connectivity index (χ2v) is 4.69. The van der Waals surface area contributed by atoms with Gasteiger partial charge in [-0.05, 0) is 56.7 Å². The molecule has 0 atom stereocenters. The molecule has 2 nitrogen and oxygen atoms in total. The highest BCUT2D eigenvalue weighted by Crippen LogP contribution is 2.22. The smallest absolute Gasteiger partial charge is 0.228 e. The van der Waals surface area contributed by atoms with E-state index < -0.39 is 0 Å². The maximum absolute atomic E-state index is 11.2. The number of nitrogens with one attached hydrogen (secondary N) is 1. The fourth-order valence-electron chi connectivity index (χ4n) is 0.917. The van der Waals surface area contributed by atoms with Crippen LogP contribution in [0.2, 0.25) is 0 Å². The lowest BCUT2D eigenvalue weighted by molar-refractivity contribution is -0.115. The topological polar surface area (TPSA) is 29.1 Å². The molecule has 0 aliphatic rings. The fraction of sp³-hybridized carbons (Fsp3) is 0.100. The number of benzene rings is 1. The van der Waals surface area contributed by atoms with Crippen molar-refractivity contribution in [3.63, 3.8) is 0 Å². The molecule has 0 fully saturated rings. The van der Waals surface area contributed by atoms with Gasteiger partial charge >= 0.3 is 0 Å². The zero-order chi connectivity index (χ0) is 10.6. The normalized spacial score (nSPS) is 9.57.